The fourth-order valence-corrected chi connectivity index (χ4v) is 4.66. The van der Waals surface area contributed by atoms with Gasteiger partial charge in [-0.05, 0) is 47.6 Å². The maximum atomic E-state index is 13.3. The minimum Gasteiger partial charge on any atom is -0.298 e. The molecule has 0 spiro atoms. The van der Waals surface area contributed by atoms with Crippen molar-refractivity contribution < 1.29 is 4.79 Å². The number of rotatable bonds is 4. The molecule has 0 radical (unpaired) electrons. The van der Waals surface area contributed by atoms with Crippen LogP contribution in [0, 0.1) is 13.8 Å². The lowest BCUT2D eigenvalue weighted by Gasteiger charge is -2.19. The largest absolute Gasteiger partial charge is 0.329 e. The number of aromatic amines is 1. The summed E-state index contributed by atoms with van der Waals surface area (Å²) in [4.78, 5) is 42.0. The lowest BCUT2D eigenvalue weighted by Crippen LogP contribution is -2.37. The van der Waals surface area contributed by atoms with Crippen molar-refractivity contribution in [2.75, 3.05) is 0 Å². The second kappa shape index (κ2) is 8.02. The van der Waals surface area contributed by atoms with Crippen LogP contribution in [0.15, 0.2) is 57.4 Å². The van der Waals surface area contributed by atoms with E-state index >= 15 is 0 Å². The number of nitrogens with zero attached hydrogens (tertiary/aromatic N) is 1. The molecule has 4 rings (SSSR count). The molecule has 5 nitrogen and oxygen atoms in total. The van der Waals surface area contributed by atoms with E-state index in [0.29, 0.717) is 15.8 Å². The second-order valence-corrected chi connectivity index (χ2v) is 10.1. The Kier molecular flexibility index (Phi) is 5.51. The molecule has 0 amide bonds. The molecule has 32 heavy (non-hydrogen) atoms. The molecule has 0 aliphatic rings. The number of fused-ring (bicyclic) bond motifs is 1. The van der Waals surface area contributed by atoms with E-state index in [2.05, 4.69) is 37.9 Å². The number of H-pyrrole nitrogens is 1. The predicted octanol–water partition coefficient (Wildman–Crippen LogP) is 5.22. The fraction of sp³-hybridized carbons (Fsp3) is 0.269. The van der Waals surface area contributed by atoms with Crippen LogP contribution in [0.5, 0.6) is 0 Å². The summed E-state index contributed by atoms with van der Waals surface area (Å²) in [5, 5.41) is 2.31. The average Bonchev–Trinajstić information content (AvgIpc) is 3.16. The monoisotopic (exact) mass is 446 g/mol. The normalized spacial score (nSPS) is 11.8. The zero-order valence-corrected chi connectivity index (χ0v) is 19.7. The highest BCUT2D eigenvalue weighted by molar-refractivity contribution is 7.17. The first kappa shape index (κ1) is 22.0. The third-order valence-electron chi connectivity index (χ3n) is 5.91. The van der Waals surface area contributed by atoms with E-state index in [1.54, 1.807) is 12.1 Å². The summed E-state index contributed by atoms with van der Waals surface area (Å²) in [6.45, 7) is 10.1. The van der Waals surface area contributed by atoms with Crippen LogP contribution < -0.4 is 11.2 Å². The van der Waals surface area contributed by atoms with Crippen molar-refractivity contribution in [1.82, 2.24) is 9.55 Å². The van der Waals surface area contributed by atoms with E-state index in [9.17, 15) is 14.4 Å². The van der Waals surface area contributed by atoms with E-state index in [1.807, 2.05) is 37.4 Å². The molecule has 0 saturated carbocycles. The van der Waals surface area contributed by atoms with Crippen molar-refractivity contribution in [2.24, 2.45) is 0 Å². The van der Waals surface area contributed by atoms with Crippen molar-refractivity contribution in [1.29, 1.82) is 0 Å². The Morgan fingerprint density at radius 2 is 1.69 bits per heavy atom. The van der Waals surface area contributed by atoms with Gasteiger partial charge in [-0.25, -0.2) is 4.79 Å². The zero-order valence-electron chi connectivity index (χ0n) is 18.9. The molecule has 0 aliphatic carbocycles. The van der Waals surface area contributed by atoms with Gasteiger partial charge < -0.3 is 0 Å². The Labute approximate surface area is 190 Å². The number of thiophene rings is 1. The summed E-state index contributed by atoms with van der Waals surface area (Å²) in [7, 11) is 0. The minimum absolute atomic E-state index is 0.0297. The van der Waals surface area contributed by atoms with Crippen LogP contribution >= 0.6 is 11.3 Å². The number of hydrogen-bond donors (Lipinski definition) is 1. The van der Waals surface area contributed by atoms with Gasteiger partial charge in [-0.3, -0.25) is 19.1 Å². The van der Waals surface area contributed by atoms with E-state index in [0.717, 1.165) is 26.8 Å². The maximum absolute atomic E-state index is 13.3. The van der Waals surface area contributed by atoms with Crippen molar-refractivity contribution in [3.05, 3.63) is 90.9 Å². The summed E-state index contributed by atoms with van der Waals surface area (Å²) < 4.78 is 1.000. The number of hydrogen-bond acceptors (Lipinski definition) is 4. The van der Waals surface area contributed by atoms with Crippen LogP contribution in [-0.2, 0) is 12.0 Å². The van der Waals surface area contributed by atoms with Gasteiger partial charge in [-0.1, -0.05) is 57.2 Å². The first-order chi connectivity index (χ1) is 15.1. The summed E-state index contributed by atoms with van der Waals surface area (Å²) in [6.07, 6.45) is 0. The fourth-order valence-electron chi connectivity index (χ4n) is 3.71. The third kappa shape index (κ3) is 3.98. The van der Waals surface area contributed by atoms with Gasteiger partial charge in [-0.15, -0.1) is 11.3 Å². The van der Waals surface area contributed by atoms with Crippen LogP contribution in [0.4, 0.5) is 0 Å². The molecule has 0 aliphatic heterocycles. The summed E-state index contributed by atoms with van der Waals surface area (Å²) in [6, 6.07) is 13.5. The van der Waals surface area contributed by atoms with E-state index in [1.165, 1.54) is 16.9 Å². The topological polar surface area (TPSA) is 71.9 Å². The van der Waals surface area contributed by atoms with Gasteiger partial charge in [0.2, 0.25) is 0 Å². The predicted molar refractivity (Wildman–Crippen MR) is 131 cm³/mol. The lowest BCUT2D eigenvalue weighted by atomic mass is 9.86. The van der Waals surface area contributed by atoms with Crippen LogP contribution in [0.2, 0.25) is 0 Å². The summed E-state index contributed by atoms with van der Waals surface area (Å²) in [5.41, 5.74) is 4.44. The van der Waals surface area contributed by atoms with Crippen LogP contribution in [0.25, 0.3) is 21.3 Å². The zero-order chi connectivity index (χ0) is 23.2. The molecule has 0 saturated heterocycles. The molecule has 4 aromatic rings. The van der Waals surface area contributed by atoms with Crippen LogP contribution in [0.1, 0.15) is 47.8 Å². The van der Waals surface area contributed by atoms with Crippen LogP contribution in [-0.4, -0.2) is 15.3 Å². The smallest absolute Gasteiger partial charge is 0.298 e. The number of Topliss-reactive ketones (excluding diaryl/α,β-unsaturated/α-hetero) is 1. The number of aromatic nitrogens is 2. The van der Waals surface area contributed by atoms with E-state index in [-0.39, 0.29) is 17.7 Å². The van der Waals surface area contributed by atoms with Gasteiger partial charge in [0, 0.05) is 16.5 Å². The van der Waals surface area contributed by atoms with Gasteiger partial charge in [0.05, 0.1) is 11.9 Å². The van der Waals surface area contributed by atoms with Crippen molar-refractivity contribution in [2.45, 2.75) is 46.6 Å². The second-order valence-electron chi connectivity index (χ2n) is 9.22. The highest BCUT2D eigenvalue weighted by Crippen LogP contribution is 2.32. The standard InChI is InChI=1S/C26H26N2O3S/c1-15-6-7-18(12-16(15)2)21(29)13-28-24(30)22-20(14-32-23(22)27-25(28)31)17-8-10-19(11-9-17)26(3,4)5/h6-12,14H,13H2,1-5H3,(H,27,31). The third-order valence-corrected chi connectivity index (χ3v) is 6.80. The van der Waals surface area contributed by atoms with Crippen molar-refractivity contribution in [3.63, 3.8) is 0 Å². The Morgan fingerprint density at radius 3 is 2.31 bits per heavy atom. The highest BCUT2D eigenvalue weighted by atomic mass is 32.1. The number of carbonyl (C=O) groups excluding carboxylic acids is 1. The van der Waals surface area contributed by atoms with E-state index in [4.69, 9.17) is 0 Å². The maximum Gasteiger partial charge on any atom is 0.329 e. The molecule has 164 valence electrons. The van der Waals surface area contributed by atoms with Gasteiger partial charge in [-0.2, -0.15) is 0 Å². The number of benzene rings is 2. The van der Waals surface area contributed by atoms with Gasteiger partial charge >= 0.3 is 5.69 Å². The molecule has 2 aromatic carbocycles. The van der Waals surface area contributed by atoms with Gasteiger partial charge in [0.15, 0.2) is 5.78 Å². The molecule has 2 heterocycles. The molecule has 0 unspecified atom stereocenters. The van der Waals surface area contributed by atoms with E-state index < -0.39 is 11.2 Å². The van der Waals surface area contributed by atoms with Gasteiger partial charge in [0.25, 0.3) is 5.56 Å². The molecule has 0 atom stereocenters. The number of aryl methyl sites for hydroxylation is 2. The minimum atomic E-state index is -0.573. The van der Waals surface area contributed by atoms with Crippen LogP contribution in [0.3, 0.4) is 0 Å². The molecule has 0 bridgehead atoms. The number of nitrogens with one attached hydrogen (secondary N) is 1. The lowest BCUT2D eigenvalue weighted by molar-refractivity contribution is 0.0969. The van der Waals surface area contributed by atoms with Crippen molar-refractivity contribution in [3.8, 4) is 11.1 Å². The number of carbonyl (C=O) groups is 1. The Morgan fingerprint density at radius 1 is 1.00 bits per heavy atom. The summed E-state index contributed by atoms with van der Waals surface area (Å²) in [5.74, 6) is -0.272. The molecule has 6 heteroatoms. The molecule has 0 fully saturated rings. The Hall–Kier alpha value is -3.25. The highest BCUT2D eigenvalue weighted by Gasteiger charge is 2.19. The SMILES string of the molecule is Cc1ccc(C(=O)Cn2c(=O)[nH]c3scc(-c4ccc(C(C)(C)C)cc4)c3c2=O)cc1C. The van der Waals surface area contributed by atoms with Gasteiger partial charge in [0.1, 0.15) is 4.83 Å². The average molecular weight is 447 g/mol. The molecular weight excluding hydrogens is 420 g/mol. The molecule has 2 aromatic heterocycles. The quantitative estimate of drug-likeness (QED) is 0.437. The Bertz CT molecular complexity index is 1450. The molecular formula is C26H26N2O3S. The first-order valence-corrected chi connectivity index (χ1v) is 11.4. The molecule has 1 N–H and O–H groups in total. The Balaban J connectivity index is 1.77. The van der Waals surface area contributed by atoms with Crippen molar-refractivity contribution >= 4 is 27.3 Å². The summed E-state index contributed by atoms with van der Waals surface area (Å²) >= 11 is 1.32. The number of ketones is 1. The first-order valence-electron chi connectivity index (χ1n) is 10.5.